The van der Waals surface area contributed by atoms with Gasteiger partial charge in [-0.1, -0.05) is 0 Å². The minimum absolute atomic E-state index is 0.0550. The van der Waals surface area contributed by atoms with Crippen LogP contribution in [0.15, 0.2) is 0 Å². The van der Waals surface area contributed by atoms with Gasteiger partial charge in [0, 0.05) is 19.5 Å². The summed E-state index contributed by atoms with van der Waals surface area (Å²) in [6, 6.07) is -0.0579. The number of aliphatic hydroxyl groups is 1. The predicted molar refractivity (Wildman–Crippen MR) is 50.8 cm³/mol. The molecule has 14 heavy (non-hydrogen) atoms. The normalized spacial score (nSPS) is 36.0. The Labute approximate surface area is 83.8 Å². The number of piperidine rings is 1. The third-order valence-corrected chi connectivity index (χ3v) is 3.08. The van der Waals surface area contributed by atoms with E-state index < -0.39 is 0 Å². The smallest absolute Gasteiger partial charge is 0.323 e. The summed E-state index contributed by atoms with van der Waals surface area (Å²) in [5, 5.41) is 9.34. The summed E-state index contributed by atoms with van der Waals surface area (Å²) >= 11 is 0. The van der Waals surface area contributed by atoms with Gasteiger partial charge in [0.2, 0.25) is 0 Å². The molecule has 0 unspecified atom stereocenters. The van der Waals surface area contributed by atoms with E-state index in [4.69, 9.17) is 4.74 Å². The van der Waals surface area contributed by atoms with Gasteiger partial charge in [-0.15, -0.1) is 0 Å². The Morgan fingerprint density at radius 1 is 1.43 bits per heavy atom. The molecule has 0 aliphatic carbocycles. The molecule has 2 rings (SSSR count). The van der Waals surface area contributed by atoms with Crippen LogP contribution in [0.3, 0.4) is 0 Å². The van der Waals surface area contributed by atoms with Crippen LogP contribution in [0.25, 0.3) is 0 Å². The Morgan fingerprint density at radius 2 is 2.07 bits per heavy atom. The summed E-state index contributed by atoms with van der Waals surface area (Å²) in [7, 11) is 0. The number of nitrogens with zero attached hydrogens (tertiary/aromatic N) is 1. The molecular formula is C10H17NO3. The maximum atomic E-state index is 11.4. The number of hydrogen-bond donors (Lipinski definition) is 1. The van der Waals surface area contributed by atoms with Crippen LogP contribution in [0.4, 0.5) is 0 Å². The Bertz CT molecular complexity index is 223. The quantitative estimate of drug-likeness (QED) is 0.611. The van der Waals surface area contributed by atoms with Gasteiger partial charge in [0.25, 0.3) is 0 Å². The number of ether oxygens (including phenoxy) is 1. The third-order valence-electron chi connectivity index (χ3n) is 3.08. The second kappa shape index (κ2) is 3.87. The average molecular weight is 199 g/mol. The van der Waals surface area contributed by atoms with Crippen molar-refractivity contribution in [3.05, 3.63) is 0 Å². The lowest BCUT2D eigenvalue weighted by molar-refractivity contribution is -0.145. The van der Waals surface area contributed by atoms with Gasteiger partial charge in [-0.25, -0.2) is 0 Å². The average Bonchev–Trinajstić information content (AvgIpc) is 2.47. The van der Waals surface area contributed by atoms with E-state index in [0.29, 0.717) is 0 Å². The van der Waals surface area contributed by atoms with Crippen molar-refractivity contribution >= 4 is 5.97 Å². The molecule has 0 radical (unpaired) electrons. The lowest BCUT2D eigenvalue weighted by atomic mass is 10.0. The van der Waals surface area contributed by atoms with Crippen molar-refractivity contribution in [2.75, 3.05) is 13.1 Å². The topological polar surface area (TPSA) is 49.8 Å². The number of carbonyl (C=O) groups excluding carboxylic acids is 1. The Kier molecular flexibility index (Phi) is 2.74. The van der Waals surface area contributed by atoms with Gasteiger partial charge in [-0.2, -0.15) is 0 Å². The number of carbonyl (C=O) groups is 1. The van der Waals surface area contributed by atoms with Gasteiger partial charge in [0.1, 0.15) is 12.1 Å². The van der Waals surface area contributed by atoms with Gasteiger partial charge in [-0.05, 0) is 19.8 Å². The molecule has 2 atom stereocenters. The summed E-state index contributed by atoms with van der Waals surface area (Å²) in [6.45, 7) is 3.55. The summed E-state index contributed by atoms with van der Waals surface area (Å²) in [5.41, 5.74) is 0. The van der Waals surface area contributed by atoms with Crippen LogP contribution >= 0.6 is 0 Å². The molecule has 80 valence electrons. The third kappa shape index (κ3) is 1.91. The van der Waals surface area contributed by atoms with Gasteiger partial charge in [0.05, 0.1) is 6.10 Å². The zero-order chi connectivity index (χ0) is 10.1. The van der Waals surface area contributed by atoms with Crippen molar-refractivity contribution in [1.29, 1.82) is 0 Å². The van der Waals surface area contributed by atoms with Crippen molar-refractivity contribution in [3.63, 3.8) is 0 Å². The largest absolute Gasteiger partial charge is 0.461 e. The molecule has 4 heteroatoms. The van der Waals surface area contributed by atoms with Crippen molar-refractivity contribution < 1.29 is 14.6 Å². The van der Waals surface area contributed by atoms with E-state index in [1.807, 2.05) is 6.92 Å². The van der Waals surface area contributed by atoms with Crippen LogP contribution < -0.4 is 0 Å². The molecule has 0 aromatic rings. The monoisotopic (exact) mass is 199 g/mol. The maximum absolute atomic E-state index is 11.4. The second-order valence-electron chi connectivity index (χ2n) is 4.27. The first kappa shape index (κ1) is 9.93. The van der Waals surface area contributed by atoms with Crippen molar-refractivity contribution in [1.82, 2.24) is 4.90 Å². The molecule has 0 saturated carbocycles. The number of hydrogen-bond acceptors (Lipinski definition) is 4. The maximum Gasteiger partial charge on any atom is 0.323 e. The molecule has 4 nitrogen and oxygen atoms in total. The molecule has 0 amide bonds. The summed E-state index contributed by atoms with van der Waals surface area (Å²) in [4.78, 5) is 13.6. The van der Waals surface area contributed by atoms with E-state index in [0.717, 1.165) is 32.4 Å². The van der Waals surface area contributed by atoms with Crippen LogP contribution in [0.5, 0.6) is 0 Å². The van der Waals surface area contributed by atoms with E-state index in [9.17, 15) is 9.90 Å². The molecule has 2 saturated heterocycles. The number of esters is 1. The van der Waals surface area contributed by atoms with Gasteiger partial charge in [0.15, 0.2) is 0 Å². The highest BCUT2D eigenvalue weighted by Crippen LogP contribution is 2.23. The summed E-state index contributed by atoms with van der Waals surface area (Å²) in [6.07, 6.45) is 2.23. The Morgan fingerprint density at radius 3 is 2.57 bits per heavy atom. The molecule has 2 heterocycles. The molecule has 0 aromatic carbocycles. The van der Waals surface area contributed by atoms with Gasteiger partial charge in [-0.3, -0.25) is 9.69 Å². The van der Waals surface area contributed by atoms with Crippen molar-refractivity contribution in [3.8, 4) is 0 Å². The van der Waals surface area contributed by atoms with Crippen molar-refractivity contribution in [2.24, 2.45) is 0 Å². The van der Waals surface area contributed by atoms with E-state index in [2.05, 4.69) is 4.90 Å². The molecule has 1 N–H and O–H groups in total. The zero-order valence-corrected chi connectivity index (χ0v) is 8.48. The Hall–Kier alpha value is -0.610. The number of rotatable bonds is 1. The van der Waals surface area contributed by atoms with Crippen molar-refractivity contribution in [2.45, 2.75) is 44.4 Å². The minimum atomic E-state index is -0.180. The first-order valence-electron chi connectivity index (χ1n) is 5.29. The Balaban J connectivity index is 1.92. The predicted octanol–water partition coefficient (Wildman–Crippen LogP) is 0.147. The van der Waals surface area contributed by atoms with E-state index in [1.165, 1.54) is 0 Å². The molecule has 2 aliphatic heterocycles. The van der Waals surface area contributed by atoms with Gasteiger partial charge < -0.3 is 9.84 Å². The fraction of sp³-hybridized carbons (Fsp3) is 0.900. The standard InChI is InChI=1S/C10H17NO3/c1-7-6-9(10(13)14-7)11-4-2-8(12)3-5-11/h7-9,12H,2-6H2,1H3/t7-,9+/m1/s1. The molecule has 0 spiro atoms. The summed E-state index contributed by atoms with van der Waals surface area (Å²) in [5.74, 6) is -0.0890. The fourth-order valence-electron chi connectivity index (χ4n) is 2.23. The van der Waals surface area contributed by atoms with Gasteiger partial charge >= 0.3 is 5.97 Å². The van der Waals surface area contributed by atoms with Crippen LogP contribution in [-0.2, 0) is 9.53 Å². The lowest BCUT2D eigenvalue weighted by Gasteiger charge is -2.32. The summed E-state index contributed by atoms with van der Waals surface area (Å²) < 4.78 is 5.11. The zero-order valence-electron chi connectivity index (χ0n) is 8.48. The van der Waals surface area contributed by atoms with E-state index >= 15 is 0 Å². The van der Waals surface area contributed by atoms with Crippen LogP contribution in [-0.4, -0.2) is 47.3 Å². The van der Waals surface area contributed by atoms with Crippen LogP contribution in [0.1, 0.15) is 26.2 Å². The molecule has 0 bridgehead atoms. The minimum Gasteiger partial charge on any atom is -0.461 e. The van der Waals surface area contributed by atoms with Crippen LogP contribution in [0.2, 0.25) is 0 Å². The second-order valence-corrected chi connectivity index (χ2v) is 4.27. The highest BCUT2D eigenvalue weighted by Gasteiger charge is 2.37. The number of cyclic esters (lactones) is 1. The molecule has 2 aliphatic rings. The lowest BCUT2D eigenvalue weighted by Crippen LogP contribution is -2.44. The number of likely N-dealkylation sites (tertiary alicyclic amines) is 1. The van der Waals surface area contributed by atoms with Crippen LogP contribution in [0, 0.1) is 0 Å². The highest BCUT2D eigenvalue weighted by atomic mass is 16.6. The van der Waals surface area contributed by atoms with E-state index in [1.54, 1.807) is 0 Å². The fourth-order valence-corrected chi connectivity index (χ4v) is 2.23. The molecule has 2 fully saturated rings. The molecule has 0 aromatic heterocycles. The molecular weight excluding hydrogens is 182 g/mol. The number of aliphatic hydroxyl groups excluding tert-OH is 1. The highest BCUT2D eigenvalue weighted by molar-refractivity contribution is 5.78. The SMILES string of the molecule is C[C@@H]1C[C@H](N2CCC(O)CC2)C(=O)O1. The first-order chi connectivity index (χ1) is 6.66. The first-order valence-corrected chi connectivity index (χ1v) is 5.29. The van der Waals surface area contributed by atoms with E-state index in [-0.39, 0.29) is 24.2 Å².